The van der Waals surface area contributed by atoms with Crippen LogP contribution in [-0.2, 0) is 30.4 Å². The SMILES string of the molecule is CC(O)C(NC(=O)C(Cc1ccccc1)NC(=O)C(N)CCC(N)=O)C(=O)NC(CO)C(=O)O. The first-order chi connectivity index (χ1) is 16.0. The zero-order chi connectivity index (χ0) is 25.8. The van der Waals surface area contributed by atoms with Crippen molar-refractivity contribution >= 4 is 29.6 Å². The van der Waals surface area contributed by atoms with Crippen molar-refractivity contribution in [3.8, 4) is 0 Å². The first-order valence-corrected chi connectivity index (χ1v) is 10.5. The number of aliphatic carboxylic acids is 1. The fourth-order valence-electron chi connectivity index (χ4n) is 2.87. The second-order valence-electron chi connectivity index (χ2n) is 7.67. The van der Waals surface area contributed by atoms with Crippen LogP contribution in [0.3, 0.4) is 0 Å². The van der Waals surface area contributed by atoms with E-state index in [0.717, 1.165) is 0 Å². The molecule has 0 aliphatic rings. The molecule has 0 saturated carbocycles. The molecule has 5 atom stereocenters. The summed E-state index contributed by atoms with van der Waals surface area (Å²) >= 11 is 0. The van der Waals surface area contributed by atoms with Crippen LogP contribution in [0.5, 0.6) is 0 Å². The van der Waals surface area contributed by atoms with Gasteiger partial charge in [-0.3, -0.25) is 19.2 Å². The summed E-state index contributed by atoms with van der Waals surface area (Å²) in [5, 5.41) is 34.8. The number of nitrogens with two attached hydrogens (primary N) is 2. The number of carbonyl (C=O) groups is 5. The van der Waals surface area contributed by atoms with Gasteiger partial charge < -0.3 is 42.7 Å². The maximum Gasteiger partial charge on any atom is 0.328 e. The molecule has 1 aromatic rings. The Morgan fingerprint density at radius 3 is 2.03 bits per heavy atom. The summed E-state index contributed by atoms with van der Waals surface area (Å²) in [6.45, 7) is 0.293. The quantitative estimate of drug-likeness (QED) is 0.133. The Labute approximate surface area is 195 Å². The lowest BCUT2D eigenvalue weighted by molar-refractivity contribution is -0.144. The predicted molar refractivity (Wildman–Crippen MR) is 119 cm³/mol. The molecular weight excluding hydrogens is 450 g/mol. The van der Waals surface area contributed by atoms with Crippen LogP contribution >= 0.6 is 0 Å². The molecule has 0 spiro atoms. The van der Waals surface area contributed by atoms with E-state index in [-0.39, 0.29) is 19.3 Å². The molecule has 4 amide bonds. The normalized spacial score (nSPS) is 15.2. The smallest absolute Gasteiger partial charge is 0.328 e. The maximum atomic E-state index is 13.0. The molecular formula is C21H31N5O8. The molecule has 10 N–H and O–H groups in total. The van der Waals surface area contributed by atoms with E-state index in [1.54, 1.807) is 30.3 Å². The van der Waals surface area contributed by atoms with Crippen molar-refractivity contribution < 1.29 is 39.3 Å². The first-order valence-electron chi connectivity index (χ1n) is 10.5. The van der Waals surface area contributed by atoms with E-state index in [9.17, 15) is 29.1 Å². The van der Waals surface area contributed by atoms with E-state index in [1.165, 1.54) is 6.92 Å². The highest BCUT2D eigenvalue weighted by molar-refractivity contribution is 5.94. The minimum Gasteiger partial charge on any atom is -0.480 e. The number of carboxylic acids is 1. The zero-order valence-electron chi connectivity index (χ0n) is 18.6. The third kappa shape index (κ3) is 9.52. The van der Waals surface area contributed by atoms with Crippen molar-refractivity contribution in [1.29, 1.82) is 0 Å². The highest BCUT2D eigenvalue weighted by Gasteiger charge is 2.32. The highest BCUT2D eigenvalue weighted by atomic mass is 16.4. The largest absolute Gasteiger partial charge is 0.480 e. The van der Waals surface area contributed by atoms with E-state index in [1.807, 2.05) is 5.32 Å². The molecule has 5 unspecified atom stereocenters. The molecule has 0 aliphatic carbocycles. The number of rotatable bonds is 14. The summed E-state index contributed by atoms with van der Waals surface area (Å²) in [7, 11) is 0. The van der Waals surface area contributed by atoms with Crippen LogP contribution in [0.1, 0.15) is 25.3 Å². The molecule has 1 aromatic carbocycles. The van der Waals surface area contributed by atoms with Gasteiger partial charge in [0.1, 0.15) is 18.1 Å². The van der Waals surface area contributed by atoms with E-state index in [4.69, 9.17) is 21.7 Å². The molecule has 0 heterocycles. The summed E-state index contributed by atoms with van der Waals surface area (Å²) < 4.78 is 0. The Kier molecular flexibility index (Phi) is 11.6. The summed E-state index contributed by atoms with van der Waals surface area (Å²) in [5.41, 5.74) is 11.5. The van der Waals surface area contributed by atoms with Gasteiger partial charge in [0.05, 0.1) is 18.8 Å². The van der Waals surface area contributed by atoms with Crippen LogP contribution in [0, 0.1) is 0 Å². The third-order valence-electron chi connectivity index (χ3n) is 4.81. The summed E-state index contributed by atoms with van der Waals surface area (Å²) in [6.07, 6.45) is -1.62. The number of hydrogen-bond acceptors (Lipinski definition) is 8. The van der Waals surface area contributed by atoms with Gasteiger partial charge in [0.15, 0.2) is 0 Å². The standard InChI is InChI=1S/C21H31N5O8/c1-11(28)17(20(32)25-15(10-27)21(33)34)26-19(31)14(9-12-5-3-2-4-6-12)24-18(30)13(22)7-8-16(23)29/h2-6,11,13-15,17,27-28H,7-10,22H2,1H3,(H2,23,29)(H,24,30)(H,25,32)(H,26,31)(H,33,34). The van der Waals surface area contributed by atoms with Crippen LogP contribution in [0.15, 0.2) is 30.3 Å². The molecule has 0 radical (unpaired) electrons. The molecule has 1 rings (SSSR count). The second kappa shape index (κ2) is 13.9. The van der Waals surface area contributed by atoms with E-state index < -0.39 is 66.5 Å². The van der Waals surface area contributed by atoms with E-state index in [2.05, 4.69) is 10.6 Å². The van der Waals surface area contributed by atoms with Gasteiger partial charge in [0, 0.05) is 12.8 Å². The van der Waals surface area contributed by atoms with Crippen LogP contribution in [-0.4, -0.2) is 81.8 Å². The van der Waals surface area contributed by atoms with Crippen molar-refractivity contribution in [2.24, 2.45) is 11.5 Å². The number of hydrogen-bond donors (Lipinski definition) is 8. The Bertz CT molecular complexity index is 864. The Balaban J connectivity index is 3.03. The second-order valence-corrected chi connectivity index (χ2v) is 7.67. The molecule has 188 valence electrons. The van der Waals surface area contributed by atoms with Crippen LogP contribution < -0.4 is 27.4 Å². The van der Waals surface area contributed by atoms with Gasteiger partial charge >= 0.3 is 5.97 Å². The van der Waals surface area contributed by atoms with Crippen LogP contribution in [0.4, 0.5) is 0 Å². The minimum absolute atomic E-state index is 0.00346. The van der Waals surface area contributed by atoms with Crippen molar-refractivity contribution in [3.05, 3.63) is 35.9 Å². The molecule has 34 heavy (non-hydrogen) atoms. The van der Waals surface area contributed by atoms with Gasteiger partial charge in [-0.05, 0) is 18.9 Å². The molecule has 13 nitrogen and oxygen atoms in total. The lowest BCUT2D eigenvalue weighted by Gasteiger charge is -2.26. The van der Waals surface area contributed by atoms with Gasteiger partial charge in [0.2, 0.25) is 23.6 Å². The average molecular weight is 482 g/mol. The molecule has 0 aliphatic heterocycles. The lowest BCUT2D eigenvalue weighted by Crippen LogP contribution is -2.60. The maximum absolute atomic E-state index is 13.0. The van der Waals surface area contributed by atoms with Gasteiger partial charge in [0.25, 0.3) is 0 Å². The van der Waals surface area contributed by atoms with Crippen molar-refractivity contribution in [2.45, 2.75) is 56.5 Å². The van der Waals surface area contributed by atoms with Crippen molar-refractivity contribution in [2.75, 3.05) is 6.61 Å². The monoisotopic (exact) mass is 481 g/mol. The minimum atomic E-state index is -1.64. The Morgan fingerprint density at radius 2 is 1.53 bits per heavy atom. The predicted octanol–water partition coefficient (Wildman–Crippen LogP) is -3.27. The number of amides is 4. The van der Waals surface area contributed by atoms with Crippen molar-refractivity contribution in [3.63, 3.8) is 0 Å². The molecule has 0 saturated heterocycles. The van der Waals surface area contributed by atoms with E-state index in [0.29, 0.717) is 5.56 Å². The Hall–Kier alpha value is -3.55. The van der Waals surface area contributed by atoms with E-state index >= 15 is 0 Å². The zero-order valence-corrected chi connectivity index (χ0v) is 18.6. The lowest BCUT2D eigenvalue weighted by atomic mass is 10.0. The molecule has 13 heteroatoms. The van der Waals surface area contributed by atoms with Crippen molar-refractivity contribution in [1.82, 2.24) is 16.0 Å². The summed E-state index contributed by atoms with van der Waals surface area (Å²) in [6, 6.07) is 3.02. The molecule has 0 fully saturated rings. The van der Waals surface area contributed by atoms with Crippen LogP contribution in [0.25, 0.3) is 0 Å². The van der Waals surface area contributed by atoms with Gasteiger partial charge in [-0.1, -0.05) is 30.3 Å². The fourth-order valence-corrected chi connectivity index (χ4v) is 2.87. The van der Waals surface area contributed by atoms with Gasteiger partial charge in [-0.2, -0.15) is 0 Å². The number of carbonyl (C=O) groups excluding carboxylic acids is 4. The number of aliphatic hydroxyl groups excluding tert-OH is 2. The first kappa shape index (κ1) is 28.5. The number of benzene rings is 1. The van der Waals surface area contributed by atoms with Gasteiger partial charge in [-0.25, -0.2) is 4.79 Å². The third-order valence-corrected chi connectivity index (χ3v) is 4.81. The number of nitrogens with one attached hydrogen (secondary N) is 3. The topological polar surface area (TPSA) is 234 Å². The molecule has 0 aromatic heterocycles. The average Bonchev–Trinajstić information content (AvgIpc) is 2.78. The highest BCUT2D eigenvalue weighted by Crippen LogP contribution is 2.06. The number of carboxylic acid groups (broad SMARTS) is 1. The summed E-state index contributed by atoms with van der Waals surface area (Å²) in [5.74, 6) is -4.79. The number of aliphatic hydroxyl groups is 2. The Morgan fingerprint density at radius 1 is 0.941 bits per heavy atom. The van der Waals surface area contributed by atoms with Crippen LogP contribution in [0.2, 0.25) is 0 Å². The summed E-state index contributed by atoms with van der Waals surface area (Å²) in [4.78, 5) is 59.9. The number of primary amides is 1. The molecule has 0 bridgehead atoms. The van der Waals surface area contributed by atoms with Gasteiger partial charge in [-0.15, -0.1) is 0 Å². The fraction of sp³-hybridized carbons (Fsp3) is 0.476.